The summed E-state index contributed by atoms with van der Waals surface area (Å²) in [6.07, 6.45) is 2.01. The van der Waals surface area contributed by atoms with E-state index in [4.69, 9.17) is 9.47 Å². The van der Waals surface area contributed by atoms with Gasteiger partial charge >= 0.3 is 0 Å². The van der Waals surface area contributed by atoms with Crippen LogP contribution in [0.5, 0.6) is 11.5 Å². The largest absolute Gasteiger partial charge is 0.497 e. The number of hydrogen-bond donors (Lipinski definition) is 0. The summed E-state index contributed by atoms with van der Waals surface area (Å²) in [5, 5.41) is 0. The van der Waals surface area contributed by atoms with Gasteiger partial charge in [0.2, 0.25) is 0 Å². The van der Waals surface area contributed by atoms with Gasteiger partial charge in [-0.2, -0.15) is 0 Å². The molecule has 2 aliphatic rings. The number of fused-ring (bicyclic) bond motifs is 1. The van der Waals surface area contributed by atoms with Gasteiger partial charge < -0.3 is 19.3 Å². The van der Waals surface area contributed by atoms with Gasteiger partial charge in [-0.05, 0) is 62.3 Å². The molecule has 2 aromatic rings. The molecule has 2 fully saturated rings. The number of carbonyl (C=O) groups excluding carboxylic acids is 1. The zero-order valence-electron chi connectivity index (χ0n) is 17.1. The second kappa shape index (κ2) is 8.03. The first-order chi connectivity index (χ1) is 14.0. The predicted octanol–water partition coefficient (Wildman–Crippen LogP) is 3.55. The van der Waals surface area contributed by atoms with Crippen molar-refractivity contribution in [2.45, 2.75) is 30.8 Å². The number of likely N-dealkylation sites (N-methyl/N-ethyl adjacent to an activating group) is 1. The smallest absolute Gasteiger partial charge is 0.258 e. The number of halogens is 1. The number of rotatable bonds is 4. The molecule has 6 heteroatoms. The fourth-order valence-corrected chi connectivity index (χ4v) is 4.92. The molecule has 0 spiro atoms. The molecule has 0 saturated carbocycles. The van der Waals surface area contributed by atoms with Crippen molar-refractivity contribution in [1.82, 2.24) is 9.80 Å². The molecule has 0 aliphatic carbocycles. The Morgan fingerprint density at radius 2 is 1.86 bits per heavy atom. The average Bonchev–Trinajstić information content (AvgIpc) is 3.14. The van der Waals surface area contributed by atoms with Crippen LogP contribution in [0.2, 0.25) is 0 Å². The lowest BCUT2D eigenvalue weighted by Gasteiger charge is -2.39. The van der Waals surface area contributed by atoms with Gasteiger partial charge in [-0.15, -0.1) is 0 Å². The third kappa shape index (κ3) is 3.57. The molecule has 3 atom stereocenters. The lowest BCUT2D eigenvalue weighted by Crippen LogP contribution is -2.50. The molecular formula is C23H27FN2O3. The molecule has 2 aromatic carbocycles. The molecule has 2 saturated heterocycles. The number of methoxy groups -OCH3 is 2. The van der Waals surface area contributed by atoms with Crippen molar-refractivity contribution in [3.8, 4) is 11.5 Å². The van der Waals surface area contributed by atoms with E-state index in [2.05, 4.69) is 11.9 Å². The second-order valence-electron chi connectivity index (χ2n) is 7.86. The van der Waals surface area contributed by atoms with Crippen LogP contribution >= 0.6 is 0 Å². The number of nitrogens with zero attached hydrogens (tertiary/aromatic N) is 2. The monoisotopic (exact) mass is 398 g/mol. The molecule has 0 radical (unpaired) electrons. The Morgan fingerprint density at radius 3 is 2.55 bits per heavy atom. The Kier molecular flexibility index (Phi) is 5.46. The van der Waals surface area contributed by atoms with E-state index in [0.717, 1.165) is 24.9 Å². The molecule has 0 unspecified atom stereocenters. The zero-order valence-corrected chi connectivity index (χ0v) is 17.1. The molecule has 5 nitrogen and oxygen atoms in total. The van der Waals surface area contributed by atoms with Gasteiger partial charge in [0.25, 0.3) is 5.91 Å². The van der Waals surface area contributed by atoms with Crippen LogP contribution in [0.3, 0.4) is 0 Å². The highest BCUT2D eigenvalue weighted by atomic mass is 19.1. The fraction of sp³-hybridized carbons (Fsp3) is 0.435. The number of amides is 1. The third-order valence-electron chi connectivity index (χ3n) is 6.32. The lowest BCUT2D eigenvalue weighted by atomic mass is 9.86. The van der Waals surface area contributed by atoms with E-state index in [1.165, 1.54) is 12.1 Å². The summed E-state index contributed by atoms with van der Waals surface area (Å²) in [6.45, 7) is 1.61. The minimum Gasteiger partial charge on any atom is -0.497 e. The number of piperidine rings is 1. The zero-order chi connectivity index (χ0) is 20.5. The summed E-state index contributed by atoms with van der Waals surface area (Å²) in [6, 6.07) is 12.3. The van der Waals surface area contributed by atoms with E-state index in [0.29, 0.717) is 23.6 Å². The van der Waals surface area contributed by atoms with Crippen LogP contribution in [0.1, 0.15) is 34.7 Å². The summed E-state index contributed by atoms with van der Waals surface area (Å²) in [4.78, 5) is 17.9. The Morgan fingerprint density at radius 1 is 1.10 bits per heavy atom. The van der Waals surface area contributed by atoms with Crippen molar-refractivity contribution in [1.29, 1.82) is 0 Å². The second-order valence-corrected chi connectivity index (χ2v) is 7.86. The highest BCUT2D eigenvalue weighted by Gasteiger charge is 2.48. The van der Waals surface area contributed by atoms with Crippen molar-refractivity contribution >= 4 is 5.91 Å². The highest BCUT2D eigenvalue weighted by Crippen LogP contribution is 2.41. The molecule has 4 rings (SSSR count). The maximum Gasteiger partial charge on any atom is 0.258 e. The van der Waals surface area contributed by atoms with Crippen molar-refractivity contribution in [2.75, 3.05) is 34.4 Å². The standard InChI is InChI=1S/C23H27FN2O3/c1-25-12-4-5-20-22(25)19(15-6-8-16(24)9-7-15)14-26(20)23(27)18-13-17(28-2)10-11-21(18)29-3/h6-11,13,19-20,22H,4-5,12,14H2,1-3H3/t19-,20-,22-/m1/s1. The van der Waals surface area contributed by atoms with E-state index in [1.807, 2.05) is 17.0 Å². The SMILES string of the molecule is COc1ccc(OC)c(C(=O)N2C[C@H](c3ccc(F)cc3)[C@@H]3[C@H]2CCCN3C)c1. The maximum absolute atomic E-state index is 13.6. The van der Waals surface area contributed by atoms with Gasteiger partial charge in [0, 0.05) is 24.5 Å². The van der Waals surface area contributed by atoms with E-state index in [9.17, 15) is 9.18 Å². The fourth-order valence-electron chi connectivity index (χ4n) is 4.92. The van der Waals surface area contributed by atoms with Gasteiger partial charge in [-0.25, -0.2) is 4.39 Å². The summed E-state index contributed by atoms with van der Waals surface area (Å²) >= 11 is 0. The van der Waals surface area contributed by atoms with Crippen LogP contribution in [-0.4, -0.2) is 62.1 Å². The van der Waals surface area contributed by atoms with Gasteiger partial charge in [0.1, 0.15) is 17.3 Å². The highest BCUT2D eigenvalue weighted by molar-refractivity contribution is 5.98. The van der Waals surface area contributed by atoms with Crippen molar-refractivity contribution in [2.24, 2.45) is 0 Å². The van der Waals surface area contributed by atoms with Crippen LogP contribution in [-0.2, 0) is 0 Å². The molecule has 2 aliphatic heterocycles. The predicted molar refractivity (Wildman–Crippen MR) is 109 cm³/mol. The van der Waals surface area contributed by atoms with Gasteiger partial charge in [0.15, 0.2) is 0 Å². The molecule has 154 valence electrons. The average molecular weight is 398 g/mol. The molecule has 0 aromatic heterocycles. The summed E-state index contributed by atoms with van der Waals surface area (Å²) < 4.78 is 24.2. The van der Waals surface area contributed by atoms with Gasteiger partial charge in [0.05, 0.1) is 19.8 Å². The van der Waals surface area contributed by atoms with Crippen LogP contribution < -0.4 is 9.47 Å². The Bertz CT molecular complexity index is 886. The molecular weight excluding hydrogens is 371 g/mol. The quantitative estimate of drug-likeness (QED) is 0.790. The van der Waals surface area contributed by atoms with E-state index in [-0.39, 0.29) is 29.7 Å². The van der Waals surface area contributed by atoms with E-state index < -0.39 is 0 Å². The third-order valence-corrected chi connectivity index (χ3v) is 6.32. The molecule has 0 N–H and O–H groups in total. The normalized spacial score (nSPS) is 24.3. The summed E-state index contributed by atoms with van der Waals surface area (Å²) in [7, 11) is 5.27. The van der Waals surface area contributed by atoms with Crippen LogP contribution in [0.4, 0.5) is 4.39 Å². The first-order valence-electron chi connectivity index (χ1n) is 10.0. The maximum atomic E-state index is 13.6. The first-order valence-corrected chi connectivity index (χ1v) is 10.0. The van der Waals surface area contributed by atoms with Gasteiger partial charge in [-0.3, -0.25) is 4.79 Å². The van der Waals surface area contributed by atoms with Crippen molar-refractivity contribution in [3.63, 3.8) is 0 Å². The van der Waals surface area contributed by atoms with Crippen LogP contribution in [0, 0.1) is 5.82 Å². The topological polar surface area (TPSA) is 42.0 Å². The lowest BCUT2D eigenvalue weighted by molar-refractivity contribution is 0.0625. The van der Waals surface area contributed by atoms with Crippen molar-refractivity contribution in [3.05, 3.63) is 59.4 Å². The Balaban J connectivity index is 1.70. The summed E-state index contributed by atoms with van der Waals surface area (Å²) in [5.41, 5.74) is 1.58. The molecule has 29 heavy (non-hydrogen) atoms. The number of hydrogen-bond acceptors (Lipinski definition) is 4. The number of likely N-dealkylation sites (tertiary alicyclic amines) is 2. The van der Waals surface area contributed by atoms with Crippen LogP contribution in [0.15, 0.2) is 42.5 Å². The number of ether oxygens (including phenoxy) is 2. The van der Waals surface area contributed by atoms with Crippen LogP contribution in [0.25, 0.3) is 0 Å². The Hall–Kier alpha value is -2.60. The number of benzene rings is 2. The summed E-state index contributed by atoms with van der Waals surface area (Å²) in [5.74, 6) is 1.03. The minimum absolute atomic E-state index is 0.0457. The van der Waals surface area contributed by atoms with Gasteiger partial charge in [-0.1, -0.05) is 12.1 Å². The molecule has 0 bridgehead atoms. The molecule has 2 heterocycles. The molecule has 1 amide bonds. The van der Waals surface area contributed by atoms with E-state index in [1.54, 1.807) is 32.4 Å². The van der Waals surface area contributed by atoms with Crippen molar-refractivity contribution < 1.29 is 18.7 Å². The van der Waals surface area contributed by atoms with E-state index >= 15 is 0 Å². The first kappa shape index (κ1) is 19.7. The number of carbonyl (C=O) groups is 1. The Labute approximate surface area is 171 Å². The minimum atomic E-state index is -0.241.